The van der Waals surface area contributed by atoms with Crippen molar-refractivity contribution in [2.45, 2.75) is 4.90 Å². The molecule has 1 amide bonds. The summed E-state index contributed by atoms with van der Waals surface area (Å²) in [7, 11) is -4.00. The number of carbonyl (C=O) groups excluding carboxylic acids is 1. The van der Waals surface area contributed by atoms with Gasteiger partial charge in [0, 0.05) is 11.3 Å². The molecule has 4 aromatic rings. The predicted molar refractivity (Wildman–Crippen MR) is 113 cm³/mol. The minimum absolute atomic E-state index is 0.0931. The minimum atomic E-state index is -4.00. The number of carbonyl (C=O) groups is 1. The number of para-hydroxylation sites is 1. The lowest BCUT2D eigenvalue weighted by molar-refractivity contribution is 0.102. The number of rotatable bonds is 6. The number of amides is 1. The SMILES string of the molecule is O=C(Nc1ccc(-n2cncn2)cc1)c1ccc(S(=O)(=O)Nc2ccccc2F)cc1. The van der Waals surface area contributed by atoms with Crippen molar-refractivity contribution in [3.8, 4) is 5.69 Å². The van der Waals surface area contributed by atoms with Crippen LogP contribution in [0.2, 0.25) is 0 Å². The summed E-state index contributed by atoms with van der Waals surface area (Å²) in [5.74, 6) is -1.09. The Kier molecular flexibility index (Phi) is 5.46. The first kappa shape index (κ1) is 20.2. The second kappa shape index (κ2) is 8.36. The molecule has 0 saturated carbocycles. The molecular weight excluding hydrogens is 421 g/mol. The number of sulfonamides is 1. The van der Waals surface area contributed by atoms with Crippen molar-refractivity contribution in [2.24, 2.45) is 0 Å². The minimum Gasteiger partial charge on any atom is -0.322 e. The van der Waals surface area contributed by atoms with Gasteiger partial charge >= 0.3 is 0 Å². The van der Waals surface area contributed by atoms with E-state index < -0.39 is 21.7 Å². The van der Waals surface area contributed by atoms with Gasteiger partial charge in [-0.15, -0.1) is 0 Å². The van der Waals surface area contributed by atoms with Crippen molar-refractivity contribution in [1.29, 1.82) is 0 Å². The first-order valence-electron chi connectivity index (χ1n) is 9.06. The Morgan fingerprint density at radius 3 is 2.29 bits per heavy atom. The zero-order chi connectivity index (χ0) is 21.8. The molecule has 0 radical (unpaired) electrons. The van der Waals surface area contributed by atoms with E-state index in [2.05, 4.69) is 20.1 Å². The number of hydrogen-bond donors (Lipinski definition) is 2. The third-order valence-electron chi connectivity index (χ3n) is 4.35. The van der Waals surface area contributed by atoms with Crippen LogP contribution < -0.4 is 10.0 Å². The van der Waals surface area contributed by atoms with Crippen molar-refractivity contribution >= 4 is 27.3 Å². The second-order valence-corrected chi connectivity index (χ2v) is 8.13. The van der Waals surface area contributed by atoms with Crippen molar-refractivity contribution in [3.63, 3.8) is 0 Å². The molecule has 8 nitrogen and oxygen atoms in total. The maximum absolute atomic E-state index is 13.7. The number of nitrogens with one attached hydrogen (secondary N) is 2. The number of hydrogen-bond acceptors (Lipinski definition) is 5. The smallest absolute Gasteiger partial charge is 0.261 e. The normalized spacial score (nSPS) is 11.1. The molecule has 0 unspecified atom stereocenters. The van der Waals surface area contributed by atoms with Gasteiger partial charge in [-0.3, -0.25) is 9.52 Å². The molecule has 3 aromatic carbocycles. The number of aromatic nitrogens is 3. The molecule has 0 bridgehead atoms. The van der Waals surface area contributed by atoms with Crippen LogP contribution in [0.25, 0.3) is 5.69 Å². The van der Waals surface area contributed by atoms with Gasteiger partial charge in [0.1, 0.15) is 18.5 Å². The second-order valence-electron chi connectivity index (χ2n) is 6.45. The number of benzene rings is 3. The largest absolute Gasteiger partial charge is 0.322 e. The van der Waals surface area contributed by atoms with Gasteiger partial charge in [-0.2, -0.15) is 5.10 Å². The van der Waals surface area contributed by atoms with Crippen LogP contribution in [0.4, 0.5) is 15.8 Å². The molecule has 0 aliphatic heterocycles. The fourth-order valence-electron chi connectivity index (χ4n) is 2.78. The van der Waals surface area contributed by atoms with Gasteiger partial charge in [0.15, 0.2) is 0 Å². The molecule has 0 aliphatic carbocycles. The van der Waals surface area contributed by atoms with Crippen LogP contribution >= 0.6 is 0 Å². The fourth-order valence-corrected chi connectivity index (χ4v) is 3.84. The van der Waals surface area contributed by atoms with E-state index in [0.29, 0.717) is 5.69 Å². The van der Waals surface area contributed by atoms with E-state index in [-0.39, 0.29) is 16.1 Å². The van der Waals surface area contributed by atoms with Crippen molar-refractivity contribution in [2.75, 3.05) is 10.0 Å². The highest BCUT2D eigenvalue weighted by Crippen LogP contribution is 2.20. The van der Waals surface area contributed by atoms with Crippen molar-refractivity contribution in [3.05, 3.63) is 96.8 Å². The molecule has 0 atom stereocenters. The zero-order valence-corrected chi connectivity index (χ0v) is 16.8. The average molecular weight is 437 g/mol. The van der Waals surface area contributed by atoms with Crippen LogP contribution in [0.5, 0.6) is 0 Å². The van der Waals surface area contributed by atoms with E-state index >= 15 is 0 Å². The lowest BCUT2D eigenvalue weighted by Gasteiger charge is -2.10. The van der Waals surface area contributed by atoms with Crippen LogP contribution in [0, 0.1) is 5.82 Å². The fraction of sp³-hybridized carbons (Fsp3) is 0. The molecule has 4 rings (SSSR count). The van der Waals surface area contributed by atoms with Crippen molar-refractivity contribution < 1.29 is 17.6 Å². The molecule has 1 aromatic heterocycles. The average Bonchev–Trinajstić information content (AvgIpc) is 3.31. The highest BCUT2D eigenvalue weighted by molar-refractivity contribution is 7.92. The van der Waals surface area contributed by atoms with E-state index in [4.69, 9.17) is 0 Å². The maximum atomic E-state index is 13.7. The number of halogens is 1. The topological polar surface area (TPSA) is 106 Å². The van der Waals surface area contributed by atoms with Crippen LogP contribution in [0.3, 0.4) is 0 Å². The Morgan fingerprint density at radius 1 is 0.935 bits per heavy atom. The molecule has 0 fully saturated rings. The van der Waals surface area contributed by atoms with Crippen LogP contribution in [-0.4, -0.2) is 29.1 Å². The lowest BCUT2D eigenvalue weighted by atomic mass is 10.2. The third-order valence-corrected chi connectivity index (χ3v) is 5.73. The molecule has 10 heteroatoms. The summed E-state index contributed by atoms with van der Waals surface area (Å²) >= 11 is 0. The molecule has 0 aliphatic rings. The van der Waals surface area contributed by atoms with Crippen LogP contribution in [0.15, 0.2) is 90.3 Å². The quantitative estimate of drug-likeness (QED) is 0.481. The Labute approximate surface area is 177 Å². The van der Waals surface area contributed by atoms with Gasteiger partial charge in [-0.05, 0) is 60.7 Å². The summed E-state index contributed by atoms with van der Waals surface area (Å²) in [5, 5.41) is 6.76. The van der Waals surface area contributed by atoms with Gasteiger partial charge in [0.05, 0.1) is 16.3 Å². The number of nitrogens with zero attached hydrogens (tertiary/aromatic N) is 3. The van der Waals surface area contributed by atoms with Crippen LogP contribution in [-0.2, 0) is 10.0 Å². The summed E-state index contributed by atoms with van der Waals surface area (Å²) in [6.45, 7) is 0. The Hall–Kier alpha value is -4.05. The van der Waals surface area contributed by atoms with Gasteiger partial charge in [-0.1, -0.05) is 12.1 Å². The van der Waals surface area contributed by atoms with Gasteiger partial charge in [0.2, 0.25) is 0 Å². The number of anilines is 2. The van der Waals surface area contributed by atoms with E-state index in [9.17, 15) is 17.6 Å². The van der Waals surface area contributed by atoms with E-state index in [0.717, 1.165) is 11.8 Å². The highest BCUT2D eigenvalue weighted by Gasteiger charge is 2.17. The zero-order valence-electron chi connectivity index (χ0n) is 15.9. The molecule has 0 spiro atoms. The first-order chi connectivity index (χ1) is 14.9. The van der Waals surface area contributed by atoms with E-state index in [1.807, 2.05) is 0 Å². The first-order valence-corrected chi connectivity index (χ1v) is 10.5. The molecule has 2 N–H and O–H groups in total. The molecule has 156 valence electrons. The van der Waals surface area contributed by atoms with E-state index in [1.54, 1.807) is 35.3 Å². The van der Waals surface area contributed by atoms with Gasteiger partial charge < -0.3 is 5.32 Å². The Balaban J connectivity index is 1.45. The van der Waals surface area contributed by atoms with Gasteiger partial charge in [-0.25, -0.2) is 22.5 Å². The van der Waals surface area contributed by atoms with Crippen molar-refractivity contribution in [1.82, 2.24) is 14.8 Å². The molecular formula is C21H16FN5O3S. The summed E-state index contributed by atoms with van der Waals surface area (Å²) in [6, 6.07) is 17.8. The summed E-state index contributed by atoms with van der Waals surface area (Å²) in [6.07, 6.45) is 2.98. The van der Waals surface area contributed by atoms with Gasteiger partial charge in [0.25, 0.3) is 15.9 Å². The van der Waals surface area contributed by atoms with E-state index in [1.165, 1.54) is 48.8 Å². The predicted octanol–water partition coefficient (Wildman–Crippen LogP) is 3.46. The summed E-state index contributed by atoms with van der Waals surface area (Å²) in [5.41, 5.74) is 1.46. The highest BCUT2D eigenvalue weighted by atomic mass is 32.2. The lowest BCUT2D eigenvalue weighted by Crippen LogP contribution is -2.15. The van der Waals surface area contributed by atoms with Crippen LogP contribution in [0.1, 0.15) is 10.4 Å². The standard InChI is InChI=1S/C21H16FN5O3S/c22-19-3-1-2-4-20(19)26-31(29,30)18-11-5-15(6-12-18)21(28)25-16-7-9-17(10-8-16)27-14-23-13-24-27/h1-14,26H,(H,25,28). The third kappa shape index (κ3) is 4.59. The monoisotopic (exact) mass is 437 g/mol. The summed E-state index contributed by atoms with van der Waals surface area (Å²) < 4.78 is 42.4. The summed E-state index contributed by atoms with van der Waals surface area (Å²) in [4.78, 5) is 16.3. The molecule has 1 heterocycles. The Bertz CT molecular complexity index is 1310. The molecule has 31 heavy (non-hydrogen) atoms. The Morgan fingerprint density at radius 2 is 1.65 bits per heavy atom. The maximum Gasteiger partial charge on any atom is 0.261 e. The molecule has 0 saturated heterocycles.